The van der Waals surface area contributed by atoms with Crippen molar-refractivity contribution in [3.8, 4) is 0 Å². The number of amides is 2. The molecular weight excluding hydrogens is 542 g/mol. The van der Waals surface area contributed by atoms with Crippen molar-refractivity contribution in [3.63, 3.8) is 0 Å². The lowest BCUT2D eigenvalue weighted by molar-refractivity contribution is -0.140. The van der Waals surface area contributed by atoms with E-state index in [9.17, 15) is 18.0 Å². The summed E-state index contributed by atoms with van der Waals surface area (Å²) in [6, 6.07) is 17.8. The zero-order valence-corrected chi connectivity index (χ0v) is 22.8. The summed E-state index contributed by atoms with van der Waals surface area (Å²) < 4.78 is 28.8. The predicted octanol–water partition coefficient (Wildman–Crippen LogP) is 4.83. The summed E-state index contributed by atoms with van der Waals surface area (Å²) in [6.07, 6.45) is 1.27. The van der Waals surface area contributed by atoms with Gasteiger partial charge in [0, 0.05) is 35.9 Å². The van der Waals surface area contributed by atoms with Gasteiger partial charge in [0.05, 0.1) is 10.6 Å². The molecule has 0 aromatic heterocycles. The van der Waals surface area contributed by atoms with E-state index in [1.54, 1.807) is 30.0 Å². The van der Waals surface area contributed by atoms with Crippen LogP contribution in [0.4, 0.5) is 5.69 Å². The van der Waals surface area contributed by atoms with Gasteiger partial charge in [-0.1, -0.05) is 59.3 Å². The van der Waals surface area contributed by atoms with Crippen molar-refractivity contribution < 1.29 is 18.0 Å². The first-order valence-corrected chi connectivity index (χ1v) is 14.3. The van der Waals surface area contributed by atoms with Gasteiger partial charge in [-0.15, -0.1) is 0 Å². The molecule has 1 heterocycles. The van der Waals surface area contributed by atoms with Crippen molar-refractivity contribution >= 4 is 54.2 Å². The number of anilines is 1. The SMILES string of the molecule is CCCNC(=O)[C@@H](C)N(Cc1ccc(Br)cc1)C(=O)CCCN1c2cccc3cccc(c23)S1(=O)=O. The van der Waals surface area contributed by atoms with E-state index in [-0.39, 0.29) is 24.8 Å². The van der Waals surface area contributed by atoms with Gasteiger partial charge in [0.2, 0.25) is 11.8 Å². The number of halogens is 1. The van der Waals surface area contributed by atoms with Crippen molar-refractivity contribution in [2.75, 3.05) is 17.4 Å². The van der Waals surface area contributed by atoms with Gasteiger partial charge < -0.3 is 10.2 Å². The van der Waals surface area contributed by atoms with Crippen LogP contribution in [-0.4, -0.2) is 44.3 Å². The third-order valence-corrected chi connectivity index (χ3v) is 8.80. The normalized spacial score (nSPS) is 14.6. The van der Waals surface area contributed by atoms with Crippen LogP contribution in [0.1, 0.15) is 38.7 Å². The highest BCUT2D eigenvalue weighted by molar-refractivity contribution is 9.10. The van der Waals surface area contributed by atoms with Crippen LogP contribution in [0, 0.1) is 0 Å². The first-order chi connectivity index (χ1) is 17.2. The minimum Gasteiger partial charge on any atom is -0.354 e. The molecule has 2 amide bonds. The van der Waals surface area contributed by atoms with Gasteiger partial charge in [0.15, 0.2) is 0 Å². The Morgan fingerprint density at radius 2 is 1.75 bits per heavy atom. The van der Waals surface area contributed by atoms with E-state index in [4.69, 9.17) is 0 Å². The Bertz CT molecular complexity index is 1370. The molecule has 0 saturated carbocycles. The average molecular weight is 573 g/mol. The van der Waals surface area contributed by atoms with Crippen LogP contribution in [0.15, 0.2) is 70.0 Å². The summed E-state index contributed by atoms with van der Waals surface area (Å²) >= 11 is 3.42. The molecule has 0 radical (unpaired) electrons. The van der Waals surface area contributed by atoms with E-state index in [1.165, 1.54) is 4.31 Å². The Balaban J connectivity index is 1.48. The molecule has 1 aliphatic heterocycles. The van der Waals surface area contributed by atoms with Crippen molar-refractivity contribution in [2.24, 2.45) is 0 Å². The molecule has 1 atom stereocenters. The zero-order valence-electron chi connectivity index (χ0n) is 20.4. The third kappa shape index (κ3) is 5.27. The van der Waals surface area contributed by atoms with Crippen LogP contribution in [0.5, 0.6) is 0 Å². The van der Waals surface area contributed by atoms with Crippen LogP contribution in [0.2, 0.25) is 0 Å². The van der Waals surface area contributed by atoms with Crippen LogP contribution in [0.25, 0.3) is 10.8 Å². The van der Waals surface area contributed by atoms with Gasteiger partial charge in [0.25, 0.3) is 10.0 Å². The number of sulfonamides is 1. The molecule has 0 unspecified atom stereocenters. The summed E-state index contributed by atoms with van der Waals surface area (Å²) in [6.45, 7) is 4.72. The van der Waals surface area contributed by atoms with E-state index >= 15 is 0 Å². The smallest absolute Gasteiger partial charge is 0.265 e. The van der Waals surface area contributed by atoms with Crippen molar-refractivity contribution in [2.45, 2.75) is 50.6 Å². The first kappa shape index (κ1) is 26.2. The molecule has 3 aromatic carbocycles. The number of carbonyl (C=O) groups excluding carboxylic acids is 2. The highest BCUT2D eigenvalue weighted by atomic mass is 79.9. The second-order valence-electron chi connectivity index (χ2n) is 8.93. The van der Waals surface area contributed by atoms with Gasteiger partial charge in [-0.2, -0.15) is 0 Å². The van der Waals surface area contributed by atoms with Gasteiger partial charge in [0.1, 0.15) is 6.04 Å². The van der Waals surface area contributed by atoms with E-state index in [0.29, 0.717) is 30.1 Å². The average Bonchev–Trinajstić information content (AvgIpc) is 3.09. The highest BCUT2D eigenvalue weighted by Crippen LogP contribution is 2.42. The molecule has 190 valence electrons. The largest absolute Gasteiger partial charge is 0.354 e. The van der Waals surface area contributed by atoms with Gasteiger partial charge in [-0.25, -0.2) is 8.42 Å². The van der Waals surface area contributed by atoms with Gasteiger partial charge >= 0.3 is 0 Å². The maximum atomic E-state index is 13.3. The standard InChI is InChI=1S/C27H30BrN3O4S/c1-3-16-29-27(33)19(2)30(18-20-12-14-22(28)15-13-20)25(32)11-6-17-31-23-9-4-7-21-8-5-10-24(26(21)23)36(31,34)35/h4-5,7-10,12-15,19H,3,6,11,16-18H2,1-2H3,(H,29,33)/t19-/m1/s1. The summed E-state index contributed by atoms with van der Waals surface area (Å²) in [5, 5.41) is 4.47. The fourth-order valence-electron chi connectivity index (χ4n) is 4.48. The number of nitrogens with one attached hydrogen (secondary N) is 1. The van der Waals surface area contributed by atoms with E-state index in [2.05, 4.69) is 21.2 Å². The van der Waals surface area contributed by atoms with E-state index in [1.807, 2.05) is 49.4 Å². The lowest BCUT2D eigenvalue weighted by Gasteiger charge is -2.29. The molecule has 9 heteroatoms. The number of carbonyl (C=O) groups is 2. The maximum absolute atomic E-state index is 13.3. The Labute approximate surface area is 220 Å². The molecule has 0 spiro atoms. The number of rotatable bonds is 10. The predicted molar refractivity (Wildman–Crippen MR) is 145 cm³/mol. The number of nitrogens with zero attached hydrogens (tertiary/aromatic N) is 2. The lowest BCUT2D eigenvalue weighted by atomic mass is 10.1. The zero-order chi connectivity index (χ0) is 25.9. The molecule has 1 aliphatic rings. The summed E-state index contributed by atoms with van der Waals surface area (Å²) in [7, 11) is -3.67. The third-order valence-electron chi connectivity index (χ3n) is 6.42. The quantitative estimate of drug-likeness (QED) is 0.377. The molecular formula is C27H30BrN3O4S. The Kier molecular flexibility index (Phi) is 8.00. The minimum absolute atomic E-state index is 0.125. The van der Waals surface area contributed by atoms with Crippen molar-refractivity contribution in [1.82, 2.24) is 10.2 Å². The number of hydrogen-bond donors (Lipinski definition) is 1. The molecule has 7 nitrogen and oxygen atoms in total. The highest BCUT2D eigenvalue weighted by Gasteiger charge is 2.35. The molecule has 36 heavy (non-hydrogen) atoms. The summed E-state index contributed by atoms with van der Waals surface area (Å²) in [4.78, 5) is 27.9. The van der Waals surface area contributed by atoms with Crippen LogP contribution in [0.3, 0.4) is 0 Å². The summed E-state index contributed by atoms with van der Waals surface area (Å²) in [5.41, 5.74) is 1.56. The van der Waals surface area contributed by atoms with Crippen molar-refractivity contribution in [1.29, 1.82) is 0 Å². The molecule has 1 N–H and O–H groups in total. The topological polar surface area (TPSA) is 86.8 Å². The Hall–Kier alpha value is -2.91. The van der Waals surface area contributed by atoms with E-state index in [0.717, 1.165) is 27.2 Å². The monoisotopic (exact) mass is 571 g/mol. The van der Waals surface area contributed by atoms with Crippen molar-refractivity contribution in [3.05, 3.63) is 70.7 Å². The molecule has 4 rings (SSSR count). The molecule has 0 aliphatic carbocycles. The Morgan fingerprint density at radius 3 is 2.44 bits per heavy atom. The van der Waals surface area contributed by atoms with Crippen LogP contribution in [-0.2, 0) is 26.2 Å². The van der Waals surface area contributed by atoms with Crippen LogP contribution < -0.4 is 9.62 Å². The fraction of sp³-hybridized carbons (Fsp3) is 0.333. The molecule has 0 bridgehead atoms. The summed E-state index contributed by atoms with van der Waals surface area (Å²) in [5.74, 6) is -0.393. The number of hydrogen-bond acceptors (Lipinski definition) is 4. The Morgan fingerprint density at radius 1 is 1.06 bits per heavy atom. The second-order valence-corrected chi connectivity index (χ2v) is 11.7. The minimum atomic E-state index is -3.67. The van der Waals surface area contributed by atoms with Gasteiger partial charge in [-0.05, 0) is 55.0 Å². The molecule has 0 fully saturated rings. The maximum Gasteiger partial charge on any atom is 0.265 e. The van der Waals surface area contributed by atoms with E-state index < -0.39 is 16.1 Å². The fourth-order valence-corrected chi connectivity index (χ4v) is 6.49. The second kappa shape index (κ2) is 11.0. The molecule has 3 aromatic rings. The first-order valence-electron chi connectivity index (χ1n) is 12.1. The molecule has 0 saturated heterocycles. The van der Waals surface area contributed by atoms with Crippen LogP contribution >= 0.6 is 15.9 Å². The number of benzene rings is 3. The lowest BCUT2D eigenvalue weighted by Crippen LogP contribution is -2.47. The van der Waals surface area contributed by atoms with Gasteiger partial charge in [-0.3, -0.25) is 13.9 Å².